The van der Waals surface area contributed by atoms with Crippen molar-refractivity contribution in [1.29, 1.82) is 0 Å². The largest absolute Gasteiger partial charge is 0.330 e. The van der Waals surface area contributed by atoms with Gasteiger partial charge < -0.3 is 15.2 Å². The summed E-state index contributed by atoms with van der Waals surface area (Å²) in [6.45, 7) is 7.64. The molecule has 120 valence electrons. The van der Waals surface area contributed by atoms with Crippen molar-refractivity contribution in [2.24, 2.45) is 5.73 Å². The molecule has 4 nitrogen and oxygen atoms in total. The van der Waals surface area contributed by atoms with Crippen molar-refractivity contribution in [2.75, 3.05) is 26.2 Å². The minimum Gasteiger partial charge on any atom is -0.330 e. The Labute approximate surface area is 133 Å². The van der Waals surface area contributed by atoms with Gasteiger partial charge in [0.2, 0.25) is 0 Å². The predicted molar refractivity (Wildman–Crippen MR) is 92.1 cm³/mol. The first-order valence-electron chi connectivity index (χ1n) is 8.71. The number of likely N-dealkylation sites (tertiary alicyclic amines) is 1. The molecule has 0 saturated carbocycles. The molecule has 22 heavy (non-hydrogen) atoms. The Morgan fingerprint density at radius 2 is 1.95 bits per heavy atom. The van der Waals surface area contributed by atoms with E-state index in [1.165, 1.54) is 50.2 Å². The second-order valence-electron chi connectivity index (χ2n) is 6.31. The van der Waals surface area contributed by atoms with Crippen LogP contribution in [0.25, 0.3) is 11.0 Å². The molecule has 0 spiro atoms. The van der Waals surface area contributed by atoms with Crippen molar-refractivity contribution >= 4 is 11.0 Å². The molecule has 2 N–H and O–H groups in total. The Bertz CT molecular complexity index is 596. The van der Waals surface area contributed by atoms with Gasteiger partial charge >= 0.3 is 0 Å². The molecule has 0 aliphatic carbocycles. The lowest BCUT2D eigenvalue weighted by molar-refractivity contribution is 0.205. The van der Waals surface area contributed by atoms with E-state index >= 15 is 0 Å². The van der Waals surface area contributed by atoms with Gasteiger partial charge in [-0.1, -0.05) is 12.1 Å². The lowest BCUT2D eigenvalue weighted by atomic mass is 9.95. The second-order valence-corrected chi connectivity index (χ2v) is 6.31. The molecule has 1 aliphatic heterocycles. The summed E-state index contributed by atoms with van der Waals surface area (Å²) in [7, 11) is 0. The first kappa shape index (κ1) is 15.5. The quantitative estimate of drug-likeness (QED) is 0.834. The monoisotopic (exact) mass is 300 g/mol. The number of hydrogen-bond acceptors (Lipinski definition) is 3. The van der Waals surface area contributed by atoms with Crippen LogP contribution in [0, 0.1) is 0 Å². The highest BCUT2D eigenvalue weighted by molar-refractivity contribution is 5.76. The Hall–Kier alpha value is -1.39. The molecule has 0 radical (unpaired) electrons. The Morgan fingerprint density at radius 1 is 1.18 bits per heavy atom. The van der Waals surface area contributed by atoms with Gasteiger partial charge in [0.15, 0.2) is 0 Å². The molecular weight excluding hydrogens is 272 g/mol. The van der Waals surface area contributed by atoms with Crippen LogP contribution in [0.2, 0.25) is 0 Å². The molecule has 1 saturated heterocycles. The van der Waals surface area contributed by atoms with Gasteiger partial charge in [0.25, 0.3) is 0 Å². The molecule has 2 heterocycles. The molecule has 3 rings (SSSR count). The van der Waals surface area contributed by atoms with Gasteiger partial charge in [-0.15, -0.1) is 0 Å². The maximum Gasteiger partial charge on any atom is 0.113 e. The zero-order valence-corrected chi connectivity index (χ0v) is 13.7. The Kier molecular flexibility index (Phi) is 5.11. The average molecular weight is 300 g/mol. The van der Waals surface area contributed by atoms with Crippen LogP contribution >= 0.6 is 0 Å². The van der Waals surface area contributed by atoms with Crippen LogP contribution in [0.1, 0.15) is 44.3 Å². The summed E-state index contributed by atoms with van der Waals surface area (Å²) < 4.78 is 2.41. The third-order valence-corrected chi connectivity index (χ3v) is 4.88. The number of hydrogen-bond donors (Lipinski definition) is 1. The molecule has 1 aromatic carbocycles. The van der Waals surface area contributed by atoms with Gasteiger partial charge in [-0.3, -0.25) is 0 Å². The molecule has 2 aromatic rings. The van der Waals surface area contributed by atoms with Crippen molar-refractivity contribution in [1.82, 2.24) is 14.5 Å². The number of fused-ring (bicyclic) bond motifs is 1. The zero-order valence-electron chi connectivity index (χ0n) is 13.7. The predicted octanol–water partition coefficient (Wildman–Crippen LogP) is 2.97. The lowest BCUT2D eigenvalue weighted by Gasteiger charge is -2.31. The van der Waals surface area contributed by atoms with E-state index in [1.807, 2.05) is 0 Å². The van der Waals surface area contributed by atoms with E-state index < -0.39 is 0 Å². The number of imidazole rings is 1. The number of aromatic nitrogens is 2. The Morgan fingerprint density at radius 3 is 2.68 bits per heavy atom. The third kappa shape index (κ3) is 3.18. The van der Waals surface area contributed by atoms with Gasteiger partial charge in [-0.25, -0.2) is 4.98 Å². The van der Waals surface area contributed by atoms with Crippen LogP contribution < -0.4 is 5.73 Å². The standard InChI is InChI=1S/C18H28N4/c1-2-22-17-8-4-3-7-16(17)20-18(22)15-9-13-21(14-10-15)12-6-5-11-19/h3-4,7-8,15H,2,5-6,9-14,19H2,1H3. The lowest BCUT2D eigenvalue weighted by Crippen LogP contribution is -2.34. The van der Waals surface area contributed by atoms with Crippen LogP contribution in [0.15, 0.2) is 24.3 Å². The van der Waals surface area contributed by atoms with Gasteiger partial charge in [-0.05, 0) is 70.9 Å². The molecule has 1 fully saturated rings. The SMILES string of the molecule is CCn1c(C2CCN(CCCCN)CC2)nc2ccccc21. The molecule has 0 atom stereocenters. The fourth-order valence-corrected chi connectivity index (χ4v) is 3.63. The topological polar surface area (TPSA) is 47.1 Å². The van der Waals surface area contributed by atoms with Crippen molar-refractivity contribution in [3.05, 3.63) is 30.1 Å². The van der Waals surface area contributed by atoms with Gasteiger partial charge in [0.05, 0.1) is 11.0 Å². The van der Waals surface area contributed by atoms with E-state index in [1.54, 1.807) is 0 Å². The first-order chi connectivity index (χ1) is 10.8. The average Bonchev–Trinajstić information content (AvgIpc) is 2.94. The fourth-order valence-electron chi connectivity index (χ4n) is 3.63. The van der Waals surface area contributed by atoms with Crippen LogP contribution in [0.3, 0.4) is 0 Å². The maximum atomic E-state index is 5.58. The van der Waals surface area contributed by atoms with Crippen LogP contribution in [0.5, 0.6) is 0 Å². The molecule has 0 unspecified atom stereocenters. The molecule has 0 bridgehead atoms. The third-order valence-electron chi connectivity index (χ3n) is 4.88. The minimum absolute atomic E-state index is 0.609. The number of nitrogens with zero attached hydrogens (tertiary/aromatic N) is 3. The van der Waals surface area contributed by atoms with Crippen LogP contribution in [-0.4, -0.2) is 40.6 Å². The summed E-state index contributed by atoms with van der Waals surface area (Å²) in [4.78, 5) is 7.52. The Balaban J connectivity index is 1.68. The van der Waals surface area contributed by atoms with Gasteiger partial charge in [-0.2, -0.15) is 0 Å². The van der Waals surface area contributed by atoms with E-state index in [4.69, 9.17) is 10.7 Å². The second kappa shape index (κ2) is 7.25. The van der Waals surface area contributed by atoms with Gasteiger partial charge in [0, 0.05) is 12.5 Å². The number of rotatable bonds is 6. The van der Waals surface area contributed by atoms with E-state index in [0.717, 1.165) is 25.0 Å². The van der Waals surface area contributed by atoms with Crippen LogP contribution in [-0.2, 0) is 6.54 Å². The number of piperidine rings is 1. The van der Waals surface area contributed by atoms with Crippen molar-refractivity contribution in [2.45, 2.75) is 45.1 Å². The molecule has 1 aromatic heterocycles. The molecular formula is C18H28N4. The van der Waals surface area contributed by atoms with E-state index in [0.29, 0.717) is 5.92 Å². The molecule has 0 amide bonds. The van der Waals surface area contributed by atoms with Crippen molar-refractivity contribution in [3.8, 4) is 0 Å². The summed E-state index contributed by atoms with van der Waals surface area (Å²) in [5.41, 5.74) is 8.01. The number of nitrogens with two attached hydrogens (primary N) is 1. The summed E-state index contributed by atoms with van der Waals surface area (Å²) >= 11 is 0. The normalized spacial score (nSPS) is 17.4. The fraction of sp³-hybridized carbons (Fsp3) is 0.611. The van der Waals surface area contributed by atoms with E-state index in [-0.39, 0.29) is 0 Å². The summed E-state index contributed by atoms with van der Waals surface area (Å²) in [6, 6.07) is 8.52. The minimum atomic E-state index is 0.609. The number of unbranched alkanes of at least 4 members (excludes halogenated alkanes) is 1. The highest BCUT2D eigenvalue weighted by atomic mass is 15.1. The van der Waals surface area contributed by atoms with Crippen molar-refractivity contribution < 1.29 is 0 Å². The van der Waals surface area contributed by atoms with E-state index in [9.17, 15) is 0 Å². The molecule has 1 aliphatic rings. The number of para-hydroxylation sites is 2. The first-order valence-corrected chi connectivity index (χ1v) is 8.71. The summed E-state index contributed by atoms with van der Waals surface area (Å²) in [6.07, 6.45) is 4.83. The van der Waals surface area contributed by atoms with Crippen molar-refractivity contribution in [3.63, 3.8) is 0 Å². The zero-order chi connectivity index (χ0) is 15.4. The highest BCUT2D eigenvalue weighted by Gasteiger charge is 2.24. The summed E-state index contributed by atoms with van der Waals surface area (Å²) in [5.74, 6) is 1.91. The molecule has 4 heteroatoms. The van der Waals surface area contributed by atoms with E-state index in [2.05, 4.69) is 40.7 Å². The highest BCUT2D eigenvalue weighted by Crippen LogP contribution is 2.30. The number of aryl methyl sites for hydroxylation is 1. The smallest absolute Gasteiger partial charge is 0.113 e. The maximum absolute atomic E-state index is 5.58. The van der Waals surface area contributed by atoms with Crippen LogP contribution in [0.4, 0.5) is 0 Å². The van der Waals surface area contributed by atoms with Gasteiger partial charge in [0.1, 0.15) is 5.82 Å². The number of benzene rings is 1. The summed E-state index contributed by atoms with van der Waals surface area (Å²) in [5, 5.41) is 0.